The maximum Gasteiger partial charge on any atom is 0.407 e. The quantitative estimate of drug-likeness (QED) is 0.404. The number of nitrogens with zero attached hydrogens (tertiary/aromatic N) is 1. The second-order valence-corrected chi connectivity index (χ2v) is 6.26. The van der Waals surface area contributed by atoms with E-state index in [4.69, 9.17) is 15.2 Å². The Labute approximate surface area is 143 Å². The number of carbonyl (C=O) groups excluding carboxylic acids is 1. The second kappa shape index (κ2) is 9.77. The number of nitrogens with one attached hydrogen (secondary N) is 2. The molecule has 0 aliphatic rings. The standard InChI is InChI=1S/C17H28N4O3/c1-17(2,3)24-16(22)20-11-7-10-19-15(18)21-14-9-6-5-8-13(14)12-23-4/h5-6,8-9H,7,10-12H2,1-4H3,(H,20,22)(H3,18,19,21). The van der Waals surface area contributed by atoms with Crippen molar-refractivity contribution in [1.29, 1.82) is 0 Å². The van der Waals surface area contributed by atoms with Crippen molar-refractivity contribution in [2.45, 2.75) is 39.4 Å². The molecule has 7 heteroatoms. The summed E-state index contributed by atoms with van der Waals surface area (Å²) in [5.74, 6) is 0.329. The van der Waals surface area contributed by atoms with E-state index in [1.807, 2.05) is 45.0 Å². The van der Waals surface area contributed by atoms with Crippen LogP contribution in [0.5, 0.6) is 0 Å². The molecular weight excluding hydrogens is 308 g/mol. The van der Waals surface area contributed by atoms with E-state index >= 15 is 0 Å². The minimum absolute atomic E-state index is 0.329. The zero-order valence-electron chi connectivity index (χ0n) is 14.9. The predicted octanol–water partition coefficient (Wildman–Crippen LogP) is 2.47. The topological polar surface area (TPSA) is 98.0 Å². The lowest BCUT2D eigenvalue weighted by molar-refractivity contribution is 0.0527. The number of carbonyl (C=O) groups is 1. The molecule has 0 saturated carbocycles. The lowest BCUT2D eigenvalue weighted by Gasteiger charge is -2.19. The van der Waals surface area contributed by atoms with Crippen LogP contribution in [0.1, 0.15) is 32.8 Å². The van der Waals surface area contributed by atoms with Gasteiger partial charge in [-0.2, -0.15) is 0 Å². The fourth-order valence-corrected chi connectivity index (χ4v) is 1.88. The Morgan fingerprint density at radius 1 is 1.29 bits per heavy atom. The number of ether oxygens (including phenoxy) is 2. The normalized spacial score (nSPS) is 11.9. The number of amides is 1. The zero-order chi connectivity index (χ0) is 18.0. The van der Waals surface area contributed by atoms with Gasteiger partial charge in [0.15, 0.2) is 5.96 Å². The van der Waals surface area contributed by atoms with Crippen LogP contribution in [0.4, 0.5) is 10.5 Å². The molecule has 0 fully saturated rings. The zero-order valence-corrected chi connectivity index (χ0v) is 14.9. The fraction of sp³-hybridized carbons (Fsp3) is 0.529. The van der Waals surface area contributed by atoms with Crippen LogP contribution < -0.4 is 16.4 Å². The van der Waals surface area contributed by atoms with E-state index in [9.17, 15) is 4.79 Å². The summed E-state index contributed by atoms with van der Waals surface area (Å²) in [6.07, 6.45) is 0.243. The number of nitrogens with two attached hydrogens (primary N) is 1. The van der Waals surface area contributed by atoms with E-state index in [0.717, 1.165) is 11.3 Å². The average molecular weight is 336 g/mol. The Morgan fingerprint density at radius 2 is 2.00 bits per heavy atom. The van der Waals surface area contributed by atoms with Gasteiger partial charge in [-0.25, -0.2) is 4.79 Å². The smallest absolute Gasteiger partial charge is 0.407 e. The number of para-hydroxylation sites is 1. The Morgan fingerprint density at radius 3 is 2.67 bits per heavy atom. The molecule has 24 heavy (non-hydrogen) atoms. The molecular formula is C17H28N4O3. The van der Waals surface area contributed by atoms with Crippen LogP contribution in [-0.2, 0) is 16.1 Å². The number of guanidine groups is 1. The second-order valence-electron chi connectivity index (χ2n) is 6.26. The Hall–Kier alpha value is -2.28. The van der Waals surface area contributed by atoms with Crippen molar-refractivity contribution in [2.75, 3.05) is 25.5 Å². The van der Waals surface area contributed by atoms with E-state index < -0.39 is 11.7 Å². The monoisotopic (exact) mass is 336 g/mol. The predicted molar refractivity (Wildman–Crippen MR) is 96.1 cm³/mol. The van der Waals surface area contributed by atoms with E-state index in [-0.39, 0.29) is 0 Å². The van der Waals surface area contributed by atoms with Gasteiger partial charge in [0.25, 0.3) is 0 Å². The molecule has 0 aromatic heterocycles. The van der Waals surface area contributed by atoms with Crippen molar-refractivity contribution in [3.63, 3.8) is 0 Å². The first kappa shape index (κ1) is 19.8. The molecule has 0 unspecified atom stereocenters. The van der Waals surface area contributed by atoms with Gasteiger partial charge < -0.3 is 25.8 Å². The largest absolute Gasteiger partial charge is 0.444 e. The molecule has 0 saturated heterocycles. The maximum absolute atomic E-state index is 11.5. The van der Waals surface area contributed by atoms with Gasteiger partial charge >= 0.3 is 6.09 Å². The Balaban J connectivity index is 2.34. The van der Waals surface area contributed by atoms with Crippen molar-refractivity contribution in [1.82, 2.24) is 5.32 Å². The Kier molecular flexibility index (Phi) is 8.05. The molecule has 1 amide bonds. The summed E-state index contributed by atoms with van der Waals surface area (Å²) in [5.41, 5.74) is 7.26. The lowest BCUT2D eigenvalue weighted by Crippen LogP contribution is -2.33. The first-order valence-electron chi connectivity index (χ1n) is 7.92. The van der Waals surface area contributed by atoms with Crippen molar-refractivity contribution in [2.24, 2.45) is 10.7 Å². The number of anilines is 1. The van der Waals surface area contributed by atoms with Crippen LogP contribution in [0, 0.1) is 0 Å². The van der Waals surface area contributed by atoms with Gasteiger partial charge in [0.1, 0.15) is 5.60 Å². The van der Waals surface area contributed by atoms with Crippen LogP contribution in [0.25, 0.3) is 0 Å². The number of hydrogen-bond donors (Lipinski definition) is 3. The van der Waals surface area contributed by atoms with Gasteiger partial charge in [0, 0.05) is 31.5 Å². The highest BCUT2D eigenvalue weighted by Crippen LogP contribution is 2.15. The van der Waals surface area contributed by atoms with E-state index in [2.05, 4.69) is 15.6 Å². The van der Waals surface area contributed by atoms with Gasteiger partial charge in [-0.15, -0.1) is 0 Å². The van der Waals surface area contributed by atoms with E-state index in [0.29, 0.717) is 32.1 Å². The molecule has 0 radical (unpaired) electrons. The molecule has 7 nitrogen and oxygen atoms in total. The van der Waals surface area contributed by atoms with Crippen LogP contribution in [0.2, 0.25) is 0 Å². The minimum Gasteiger partial charge on any atom is -0.444 e. The number of hydrogen-bond acceptors (Lipinski definition) is 4. The lowest BCUT2D eigenvalue weighted by atomic mass is 10.2. The van der Waals surface area contributed by atoms with Gasteiger partial charge in [-0.05, 0) is 33.3 Å². The molecule has 0 spiro atoms. The number of aliphatic imine (C=N–C) groups is 1. The third-order valence-electron chi connectivity index (χ3n) is 2.87. The third kappa shape index (κ3) is 8.38. The summed E-state index contributed by atoms with van der Waals surface area (Å²) in [6, 6.07) is 7.74. The summed E-state index contributed by atoms with van der Waals surface area (Å²) in [5, 5.41) is 5.74. The van der Waals surface area contributed by atoms with Gasteiger partial charge in [0.05, 0.1) is 6.61 Å². The van der Waals surface area contributed by atoms with Crippen LogP contribution >= 0.6 is 0 Å². The van der Waals surface area contributed by atoms with E-state index in [1.165, 1.54) is 0 Å². The molecule has 4 N–H and O–H groups in total. The first-order valence-corrected chi connectivity index (χ1v) is 7.92. The highest BCUT2D eigenvalue weighted by molar-refractivity contribution is 5.92. The van der Waals surface area contributed by atoms with Crippen LogP contribution in [0.15, 0.2) is 29.3 Å². The third-order valence-corrected chi connectivity index (χ3v) is 2.87. The SMILES string of the molecule is COCc1ccccc1NC(N)=NCCCNC(=O)OC(C)(C)C. The highest BCUT2D eigenvalue weighted by atomic mass is 16.6. The highest BCUT2D eigenvalue weighted by Gasteiger charge is 2.15. The van der Waals surface area contributed by atoms with Crippen molar-refractivity contribution in [3.05, 3.63) is 29.8 Å². The van der Waals surface area contributed by atoms with Crippen LogP contribution in [-0.4, -0.2) is 37.9 Å². The average Bonchev–Trinajstić information content (AvgIpc) is 2.47. The summed E-state index contributed by atoms with van der Waals surface area (Å²) in [4.78, 5) is 15.7. The van der Waals surface area contributed by atoms with Gasteiger partial charge in [-0.1, -0.05) is 18.2 Å². The number of benzene rings is 1. The molecule has 0 bridgehead atoms. The maximum atomic E-state index is 11.5. The molecule has 0 atom stereocenters. The molecule has 0 heterocycles. The molecule has 0 aliphatic heterocycles. The first-order chi connectivity index (χ1) is 11.3. The van der Waals surface area contributed by atoms with Crippen molar-refractivity contribution in [3.8, 4) is 0 Å². The van der Waals surface area contributed by atoms with Crippen molar-refractivity contribution >= 4 is 17.7 Å². The number of alkyl carbamates (subject to hydrolysis) is 1. The van der Waals surface area contributed by atoms with Crippen molar-refractivity contribution < 1.29 is 14.3 Å². The Bertz CT molecular complexity index is 553. The molecule has 1 rings (SSSR count). The fourth-order valence-electron chi connectivity index (χ4n) is 1.88. The summed E-state index contributed by atoms with van der Waals surface area (Å²) >= 11 is 0. The summed E-state index contributed by atoms with van der Waals surface area (Å²) < 4.78 is 10.3. The minimum atomic E-state index is -0.494. The molecule has 0 aliphatic carbocycles. The molecule has 1 aromatic carbocycles. The van der Waals surface area contributed by atoms with Gasteiger partial charge in [-0.3, -0.25) is 4.99 Å². The van der Waals surface area contributed by atoms with E-state index in [1.54, 1.807) is 7.11 Å². The number of methoxy groups -OCH3 is 1. The molecule has 134 valence electrons. The molecule has 1 aromatic rings. The number of rotatable bonds is 7. The van der Waals surface area contributed by atoms with Crippen LogP contribution in [0.3, 0.4) is 0 Å². The van der Waals surface area contributed by atoms with Gasteiger partial charge in [0.2, 0.25) is 0 Å². The summed E-state index contributed by atoms with van der Waals surface area (Å²) in [7, 11) is 1.64. The summed E-state index contributed by atoms with van der Waals surface area (Å²) in [6.45, 7) is 6.95.